The molecule has 1 fully saturated rings. The number of carbonyl (C=O) groups excluding carboxylic acids is 1. The van der Waals surface area contributed by atoms with Crippen molar-refractivity contribution >= 4 is 23.2 Å². The summed E-state index contributed by atoms with van der Waals surface area (Å²) in [5, 5.41) is 5.58. The lowest BCUT2D eigenvalue weighted by Crippen LogP contribution is -2.18. The molecule has 2 rings (SSSR count). The summed E-state index contributed by atoms with van der Waals surface area (Å²) in [6, 6.07) is 2.89. The van der Waals surface area contributed by atoms with Crippen molar-refractivity contribution < 1.29 is 18.0 Å². The van der Waals surface area contributed by atoms with E-state index in [4.69, 9.17) is 11.6 Å². The third-order valence-corrected chi connectivity index (χ3v) is 3.52. The molecule has 1 aromatic rings. The largest absolute Gasteiger partial charge is 0.416 e. The zero-order chi connectivity index (χ0) is 14.8. The molecule has 0 saturated carbocycles. The number of rotatable bonds is 3. The maximum Gasteiger partial charge on any atom is 0.416 e. The van der Waals surface area contributed by atoms with E-state index in [1.165, 1.54) is 6.07 Å². The highest BCUT2D eigenvalue weighted by molar-refractivity contribution is 6.33. The fraction of sp³-hybridized carbons (Fsp3) is 0.462. The predicted molar refractivity (Wildman–Crippen MR) is 70.7 cm³/mol. The van der Waals surface area contributed by atoms with Crippen molar-refractivity contribution in [2.75, 3.05) is 18.4 Å². The molecule has 1 amide bonds. The van der Waals surface area contributed by atoms with Crippen molar-refractivity contribution in [3.63, 3.8) is 0 Å². The average Bonchev–Trinajstić information content (AvgIpc) is 2.83. The molecule has 2 N–H and O–H groups in total. The topological polar surface area (TPSA) is 41.1 Å². The number of alkyl halides is 3. The molecule has 7 heteroatoms. The minimum atomic E-state index is -4.44. The van der Waals surface area contributed by atoms with E-state index in [9.17, 15) is 18.0 Å². The van der Waals surface area contributed by atoms with Crippen LogP contribution in [-0.4, -0.2) is 19.0 Å². The first kappa shape index (κ1) is 15.1. The van der Waals surface area contributed by atoms with Crippen molar-refractivity contribution in [1.82, 2.24) is 5.32 Å². The van der Waals surface area contributed by atoms with Gasteiger partial charge in [-0.2, -0.15) is 13.2 Å². The van der Waals surface area contributed by atoms with Crippen LogP contribution < -0.4 is 10.6 Å². The highest BCUT2D eigenvalue weighted by atomic mass is 35.5. The van der Waals surface area contributed by atoms with Crippen molar-refractivity contribution in [2.24, 2.45) is 5.92 Å². The molecule has 0 radical (unpaired) electrons. The molecule has 110 valence electrons. The van der Waals surface area contributed by atoms with Gasteiger partial charge in [0.1, 0.15) is 0 Å². The molecule has 1 heterocycles. The molecule has 0 bridgehead atoms. The second-order valence-corrected chi connectivity index (χ2v) is 5.21. The summed E-state index contributed by atoms with van der Waals surface area (Å²) in [6.07, 6.45) is -3.18. The summed E-state index contributed by atoms with van der Waals surface area (Å²) in [5.41, 5.74) is -0.629. The third-order valence-electron chi connectivity index (χ3n) is 3.21. The van der Waals surface area contributed by atoms with Crippen molar-refractivity contribution in [3.8, 4) is 0 Å². The van der Waals surface area contributed by atoms with Crippen LogP contribution in [0.1, 0.15) is 18.4 Å². The highest BCUT2D eigenvalue weighted by Crippen LogP contribution is 2.33. The van der Waals surface area contributed by atoms with E-state index in [1.54, 1.807) is 0 Å². The maximum absolute atomic E-state index is 12.5. The second-order valence-electron chi connectivity index (χ2n) is 4.80. The van der Waals surface area contributed by atoms with Gasteiger partial charge < -0.3 is 10.6 Å². The van der Waals surface area contributed by atoms with Gasteiger partial charge >= 0.3 is 6.18 Å². The molecule has 0 aromatic heterocycles. The van der Waals surface area contributed by atoms with Crippen LogP contribution in [0.15, 0.2) is 18.2 Å². The standard InChI is InChI=1S/C13H14ClF3N2O/c14-10-6-9(13(15,16)17)1-2-11(10)19-12(20)5-8-3-4-18-7-8/h1-2,6,8,18H,3-5,7H2,(H,19,20). The van der Waals surface area contributed by atoms with Gasteiger partial charge in [-0.25, -0.2) is 0 Å². The minimum Gasteiger partial charge on any atom is -0.325 e. The molecular formula is C13H14ClF3N2O. The normalized spacial score (nSPS) is 19.1. The molecule has 1 aliphatic heterocycles. The van der Waals surface area contributed by atoms with Gasteiger partial charge in [0.2, 0.25) is 5.91 Å². The summed E-state index contributed by atoms with van der Waals surface area (Å²) in [5.74, 6) is 0.0311. The van der Waals surface area contributed by atoms with Gasteiger partial charge in [0.25, 0.3) is 0 Å². The fourth-order valence-corrected chi connectivity index (χ4v) is 2.37. The van der Waals surface area contributed by atoms with Gasteiger partial charge in [-0.05, 0) is 43.6 Å². The van der Waals surface area contributed by atoms with Crippen LogP contribution in [0.25, 0.3) is 0 Å². The number of carbonyl (C=O) groups is 1. The molecule has 1 atom stereocenters. The smallest absolute Gasteiger partial charge is 0.325 e. The Labute approximate surface area is 119 Å². The predicted octanol–water partition coefficient (Wildman–Crippen LogP) is 3.30. The average molecular weight is 307 g/mol. The van der Waals surface area contributed by atoms with E-state index in [-0.39, 0.29) is 22.5 Å². The Morgan fingerprint density at radius 1 is 1.45 bits per heavy atom. The Kier molecular flexibility index (Phi) is 4.55. The van der Waals surface area contributed by atoms with Crippen LogP contribution in [0, 0.1) is 5.92 Å². The molecule has 1 aromatic carbocycles. The van der Waals surface area contributed by atoms with Gasteiger partial charge in [-0.15, -0.1) is 0 Å². The third kappa shape index (κ3) is 3.86. The lowest BCUT2D eigenvalue weighted by molar-refractivity contribution is -0.137. The van der Waals surface area contributed by atoms with E-state index < -0.39 is 11.7 Å². The monoisotopic (exact) mass is 306 g/mol. The van der Waals surface area contributed by atoms with E-state index >= 15 is 0 Å². The molecule has 20 heavy (non-hydrogen) atoms. The Bertz CT molecular complexity index is 499. The molecule has 3 nitrogen and oxygen atoms in total. The van der Waals surface area contributed by atoms with Gasteiger partial charge in [-0.3, -0.25) is 4.79 Å². The summed E-state index contributed by atoms with van der Waals surface area (Å²) >= 11 is 5.77. The number of hydrogen-bond donors (Lipinski definition) is 2. The number of benzene rings is 1. The van der Waals surface area contributed by atoms with E-state index in [0.29, 0.717) is 6.42 Å². The van der Waals surface area contributed by atoms with E-state index in [0.717, 1.165) is 31.6 Å². The van der Waals surface area contributed by atoms with Crippen LogP contribution in [0.5, 0.6) is 0 Å². The Balaban J connectivity index is 2.00. The molecular weight excluding hydrogens is 293 g/mol. The van der Waals surface area contributed by atoms with Crippen LogP contribution in [0.4, 0.5) is 18.9 Å². The number of nitrogens with one attached hydrogen (secondary N) is 2. The number of hydrogen-bond acceptors (Lipinski definition) is 2. The summed E-state index contributed by atoms with van der Waals surface area (Å²) in [4.78, 5) is 11.8. The second kappa shape index (κ2) is 6.01. The van der Waals surface area contributed by atoms with Gasteiger partial charge in [0.15, 0.2) is 0 Å². The lowest BCUT2D eigenvalue weighted by atomic mass is 10.0. The molecule has 0 spiro atoms. The highest BCUT2D eigenvalue weighted by Gasteiger charge is 2.31. The van der Waals surface area contributed by atoms with Crippen LogP contribution in [-0.2, 0) is 11.0 Å². The van der Waals surface area contributed by atoms with E-state index in [1.807, 2.05) is 0 Å². The summed E-state index contributed by atoms with van der Waals surface area (Å²) in [6.45, 7) is 1.67. The number of halogens is 4. The quantitative estimate of drug-likeness (QED) is 0.899. The van der Waals surface area contributed by atoms with Gasteiger partial charge in [-0.1, -0.05) is 11.6 Å². The lowest BCUT2D eigenvalue weighted by Gasteiger charge is -2.12. The van der Waals surface area contributed by atoms with Crippen molar-refractivity contribution in [1.29, 1.82) is 0 Å². The Hall–Kier alpha value is -1.27. The zero-order valence-electron chi connectivity index (χ0n) is 10.6. The van der Waals surface area contributed by atoms with Crippen molar-refractivity contribution in [2.45, 2.75) is 19.0 Å². The van der Waals surface area contributed by atoms with Crippen LogP contribution in [0.3, 0.4) is 0 Å². The molecule has 0 aliphatic carbocycles. The van der Waals surface area contributed by atoms with Gasteiger partial charge in [0.05, 0.1) is 16.3 Å². The maximum atomic E-state index is 12.5. The number of anilines is 1. The Morgan fingerprint density at radius 3 is 2.75 bits per heavy atom. The fourth-order valence-electron chi connectivity index (χ4n) is 2.14. The zero-order valence-corrected chi connectivity index (χ0v) is 11.3. The minimum absolute atomic E-state index is 0.113. The van der Waals surface area contributed by atoms with Crippen LogP contribution in [0.2, 0.25) is 5.02 Å². The van der Waals surface area contributed by atoms with Crippen LogP contribution >= 0.6 is 11.6 Å². The molecule has 1 unspecified atom stereocenters. The summed E-state index contributed by atoms with van der Waals surface area (Å²) < 4.78 is 37.4. The van der Waals surface area contributed by atoms with Crippen molar-refractivity contribution in [3.05, 3.63) is 28.8 Å². The first-order valence-electron chi connectivity index (χ1n) is 6.23. The summed E-state index contributed by atoms with van der Waals surface area (Å²) in [7, 11) is 0. The van der Waals surface area contributed by atoms with E-state index in [2.05, 4.69) is 10.6 Å². The number of amides is 1. The first-order chi connectivity index (χ1) is 9.36. The first-order valence-corrected chi connectivity index (χ1v) is 6.61. The Morgan fingerprint density at radius 2 is 2.20 bits per heavy atom. The SMILES string of the molecule is O=C(CC1CCNC1)Nc1ccc(C(F)(F)F)cc1Cl. The molecule has 1 aliphatic rings. The molecule has 1 saturated heterocycles. The van der Waals surface area contributed by atoms with Gasteiger partial charge in [0, 0.05) is 6.42 Å².